The molecule has 4 nitrogen and oxygen atoms in total. The van der Waals surface area contributed by atoms with E-state index >= 15 is 0 Å². The van der Waals surface area contributed by atoms with Crippen molar-refractivity contribution in [2.45, 2.75) is 31.6 Å². The zero-order valence-electron chi connectivity index (χ0n) is 14.5. The van der Waals surface area contributed by atoms with Crippen molar-refractivity contribution in [1.29, 1.82) is 0 Å². The molecule has 5 heteroatoms. The standard InChI is InChI=1S/C19H26NO3P/c1-4-11-18(24(21,22-2)23-3)20-19(16-12-7-5-8-13-16)17-14-9-6-10-15-17/h5-10,12-15,18-20H,4,11H2,1-3H3/t18-/m1/s1. The summed E-state index contributed by atoms with van der Waals surface area (Å²) in [6.45, 7) is 2.06. The van der Waals surface area contributed by atoms with Crippen molar-refractivity contribution < 1.29 is 13.6 Å². The summed E-state index contributed by atoms with van der Waals surface area (Å²) in [5, 5.41) is 3.52. The normalized spacial score (nSPS) is 13.2. The van der Waals surface area contributed by atoms with E-state index in [4.69, 9.17) is 9.05 Å². The molecule has 0 radical (unpaired) electrons. The molecule has 130 valence electrons. The maximum Gasteiger partial charge on any atom is 0.346 e. The van der Waals surface area contributed by atoms with Crippen LogP contribution in [0.4, 0.5) is 0 Å². The Bertz CT molecular complexity index is 601. The lowest BCUT2D eigenvalue weighted by Gasteiger charge is -2.30. The number of nitrogens with one attached hydrogen (secondary N) is 1. The van der Waals surface area contributed by atoms with Gasteiger partial charge >= 0.3 is 7.60 Å². The molecule has 1 N–H and O–H groups in total. The van der Waals surface area contributed by atoms with Crippen molar-refractivity contribution >= 4 is 7.60 Å². The molecule has 2 aromatic carbocycles. The van der Waals surface area contributed by atoms with Gasteiger partial charge in [0.25, 0.3) is 0 Å². The van der Waals surface area contributed by atoms with E-state index in [0.717, 1.165) is 17.5 Å². The second-order valence-corrected chi connectivity index (χ2v) is 8.06. The molecule has 2 rings (SSSR count). The van der Waals surface area contributed by atoms with Crippen LogP contribution >= 0.6 is 7.60 Å². The van der Waals surface area contributed by atoms with E-state index in [1.807, 2.05) is 36.4 Å². The number of hydrogen-bond acceptors (Lipinski definition) is 4. The molecule has 24 heavy (non-hydrogen) atoms. The quantitative estimate of drug-likeness (QED) is 0.650. The molecule has 0 aromatic heterocycles. The maximum absolute atomic E-state index is 12.9. The van der Waals surface area contributed by atoms with Crippen molar-refractivity contribution in [3.63, 3.8) is 0 Å². The lowest BCUT2D eigenvalue weighted by atomic mass is 9.98. The molecule has 0 spiro atoms. The molecule has 1 atom stereocenters. The zero-order chi connectivity index (χ0) is 17.4. The summed E-state index contributed by atoms with van der Waals surface area (Å²) in [7, 11) is -0.335. The van der Waals surface area contributed by atoms with Gasteiger partial charge in [0.15, 0.2) is 0 Å². The second kappa shape index (κ2) is 9.14. The Morgan fingerprint density at radius 1 is 0.917 bits per heavy atom. The Labute approximate surface area is 144 Å². The molecule has 0 unspecified atom stereocenters. The molecule has 0 amide bonds. The Morgan fingerprint density at radius 3 is 1.75 bits per heavy atom. The second-order valence-electron chi connectivity index (χ2n) is 5.63. The molecule has 0 fully saturated rings. The van der Waals surface area contributed by atoms with Crippen LogP contribution in [-0.4, -0.2) is 20.0 Å². The van der Waals surface area contributed by atoms with Crippen molar-refractivity contribution in [3.05, 3.63) is 71.8 Å². The van der Waals surface area contributed by atoms with Gasteiger partial charge in [-0.2, -0.15) is 0 Å². The SMILES string of the molecule is CCC[C@H](NC(c1ccccc1)c1ccccc1)P(=O)(OC)OC. The first-order valence-electron chi connectivity index (χ1n) is 8.21. The first kappa shape index (κ1) is 18.9. The van der Waals surface area contributed by atoms with Gasteiger partial charge in [0.2, 0.25) is 0 Å². The van der Waals surface area contributed by atoms with Gasteiger partial charge in [0, 0.05) is 14.2 Å². The van der Waals surface area contributed by atoms with Crippen LogP contribution in [0.3, 0.4) is 0 Å². The van der Waals surface area contributed by atoms with Gasteiger partial charge in [-0.15, -0.1) is 0 Å². The van der Waals surface area contributed by atoms with Gasteiger partial charge in [-0.3, -0.25) is 9.88 Å². The number of benzene rings is 2. The fourth-order valence-electron chi connectivity index (χ4n) is 2.80. The van der Waals surface area contributed by atoms with Gasteiger partial charge < -0.3 is 9.05 Å². The van der Waals surface area contributed by atoms with Gasteiger partial charge in [-0.1, -0.05) is 74.0 Å². The van der Waals surface area contributed by atoms with Crippen molar-refractivity contribution in [2.24, 2.45) is 0 Å². The Kier molecular flexibility index (Phi) is 7.19. The lowest BCUT2D eigenvalue weighted by Crippen LogP contribution is -2.34. The highest BCUT2D eigenvalue weighted by atomic mass is 31.2. The van der Waals surface area contributed by atoms with Gasteiger partial charge in [-0.05, 0) is 17.5 Å². The highest BCUT2D eigenvalue weighted by Gasteiger charge is 2.35. The predicted molar refractivity (Wildman–Crippen MR) is 98.2 cm³/mol. The third kappa shape index (κ3) is 4.55. The molecule has 2 aromatic rings. The average Bonchev–Trinajstić information content (AvgIpc) is 2.66. The molecule has 0 aliphatic carbocycles. The van der Waals surface area contributed by atoms with Crippen LogP contribution < -0.4 is 5.32 Å². The van der Waals surface area contributed by atoms with Gasteiger partial charge in [-0.25, -0.2) is 0 Å². The fourth-order valence-corrected chi connectivity index (χ4v) is 4.37. The summed E-state index contributed by atoms with van der Waals surface area (Å²) in [4.78, 5) is 0. The van der Waals surface area contributed by atoms with E-state index < -0.39 is 7.60 Å². The van der Waals surface area contributed by atoms with Crippen molar-refractivity contribution in [3.8, 4) is 0 Å². The molecule has 0 heterocycles. The van der Waals surface area contributed by atoms with E-state index in [0.29, 0.717) is 6.42 Å². The minimum Gasteiger partial charge on any atom is -0.311 e. The largest absolute Gasteiger partial charge is 0.346 e. The van der Waals surface area contributed by atoms with E-state index in [1.165, 1.54) is 14.2 Å². The average molecular weight is 347 g/mol. The molecular weight excluding hydrogens is 321 g/mol. The van der Waals surface area contributed by atoms with Crippen molar-refractivity contribution in [2.75, 3.05) is 14.2 Å². The van der Waals surface area contributed by atoms with Crippen LogP contribution in [0.5, 0.6) is 0 Å². The Morgan fingerprint density at radius 2 is 1.38 bits per heavy atom. The highest BCUT2D eigenvalue weighted by Crippen LogP contribution is 2.52. The van der Waals surface area contributed by atoms with Crippen LogP contribution in [0, 0.1) is 0 Å². The Balaban J connectivity index is 2.38. The summed E-state index contributed by atoms with van der Waals surface area (Å²) in [5.74, 6) is -0.372. The molecule has 0 saturated carbocycles. The molecule has 0 aliphatic rings. The number of rotatable bonds is 9. The van der Waals surface area contributed by atoms with E-state index in [9.17, 15) is 4.57 Å². The smallest absolute Gasteiger partial charge is 0.311 e. The predicted octanol–water partition coefficient (Wildman–Crippen LogP) is 4.98. The van der Waals surface area contributed by atoms with Gasteiger partial charge in [0.1, 0.15) is 5.78 Å². The summed E-state index contributed by atoms with van der Waals surface area (Å²) in [6, 6.07) is 20.2. The first-order valence-corrected chi connectivity index (χ1v) is 9.83. The summed E-state index contributed by atoms with van der Waals surface area (Å²) in [5.41, 5.74) is 2.23. The van der Waals surface area contributed by atoms with Crippen LogP contribution in [0.15, 0.2) is 60.7 Å². The third-order valence-electron chi connectivity index (χ3n) is 4.08. The van der Waals surface area contributed by atoms with Crippen LogP contribution in [0.25, 0.3) is 0 Å². The topological polar surface area (TPSA) is 47.6 Å². The molecule has 0 saturated heterocycles. The summed E-state index contributed by atoms with van der Waals surface area (Å²) in [6.07, 6.45) is 1.58. The summed E-state index contributed by atoms with van der Waals surface area (Å²) >= 11 is 0. The molecule has 0 aliphatic heterocycles. The monoisotopic (exact) mass is 347 g/mol. The van der Waals surface area contributed by atoms with E-state index in [-0.39, 0.29) is 11.8 Å². The van der Waals surface area contributed by atoms with E-state index in [1.54, 1.807) is 0 Å². The first-order chi connectivity index (χ1) is 11.6. The maximum atomic E-state index is 12.9. The minimum absolute atomic E-state index is 0.0809. The number of hydrogen-bond donors (Lipinski definition) is 1. The highest BCUT2D eigenvalue weighted by molar-refractivity contribution is 7.54. The fraction of sp³-hybridized carbons (Fsp3) is 0.368. The van der Waals surface area contributed by atoms with Crippen molar-refractivity contribution in [1.82, 2.24) is 5.32 Å². The van der Waals surface area contributed by atoms with Gasteiger partial charge in [0.05, 0.1) is 6.04 Å². The summed E-state index contributed by atoms with van der Waals surface area (Å²) < 4.78 is 23.4. The molecular formula is C19H26NO3P. The lowest BCUT2D eigenvalue weighted by molar-refractivity contribution is 0.254. The van der Waals surface area contributed by atoms with Crippen LogP contribution in [-0.2, 0) is 13.6 Å². The Hall–Kier alpha value is -1.45. The third-order valence-corrected chi connectivity index (χ3v) is 6.27. The zero-order valence-corrected chi connectivity index (χ0v) is 15.4. The minimum atomic E-state index is -3.21. The molecule has 0 bridgehead atoms. The van der Waals surface area contributed by atoms with Crippen LogP contribution in [0.2, 0.25) is 0 Å². The van der Waals surface area contributed by atoms with E-state index in [2.05, 4.69) is 36.5 Å². The van der Waals surface area contributed by atoms with Crippen LogP contribution in [0.1, 0.15) is 36.9 Å².